The van der Waals surface area contributed by atoms with Crippen molar-refractivity contribution >= 4 is 5.91 Å². The highest BCUT2D eigenvalue weighted by Gasteiger charge is 2.24. The second-order valence-electron chi connectivity index (χ2n) is 6.13. The summed E-state index contributed by atoms with van der Waals surface area (Å²) in [6.45, 7) is 6.26. The third-order valence-corrected chi connectivity index (χ3v) is 4.32. The van der Waals surface area contributed by atoms with Gasteiger partial charge in [0, 0.05) is 50.4 Å². The van der Waals surface area contributed by atoms with Gasteiger partial charge in [-0.1, -0.05) is 6.92 Å². The zero-order valence-corrected chi connectivity index (χ0v) is 13.8. The molecule has 1 atom stereocenters. The quantitative estimate of drug-likeness (QED) is 0.870. The molecule has 1 saturated heterocycles. The molecule has 6 heteroatoms. The molecular weight excluding hydrogens is 290 g/mol. The Morgan fingerprint density at radius 1 is 1.35 bits per heavy atom. The van der Waals surface area contributed by atoms with Gasteiger partial charge in [0.1, 0.15) is 0 Å². The van der Waals surface area contributed by atoms with Gasteiger partial charge >= 0.3 is 0 Å². The second-order valence-corrected chi connectivity index (χ2v) is 6.13. The Bertz CT molecular complexity index is 681. The fraction of sp³-hybridized carbons (Fsp3) is 0.529. The number of aryl methyl sites for hydroxylation is 1. The van der Waals surface area contributed by atoms with Gasteiger partial charge in [-0.2, -0.15) is 5.10 Å². The van der Waals surface area contributed by atoms with E-state index in [9.17, 15) is 4.79 Å². The van der Waals surface area contributed by atoms with E-state index in [1.165, 1.54) is 0 Å². The van der Waals surface area contributed by atoms with Crippen molar-refractivity contribution in [2.75, 3.05) is 13.1 Å². The molecule has 0 saturated carbocycles. The van der Waals surface area contributed by atoms with E-state index in [-0.39, 0.29) is 11.8 Å². The van der Waals surface area contributed by atoms with Gasteiger partial charge in [-0.15, -0.1) is 0 Å². The van der Waals surface area contributed by atoms with Crippen LogP contribution in [0.3, 0.4) is 0 Å². The number of likely N-dealkylation sites (tertiary alicyclic amines) is 1. The van der Waals surface area contributed by atoms with Crippen LogP contribution in [0.15, 0.2) is 24.8 Å². The lowest BCUT2D eigenvalue weighted by atomic mass is 9.95. The first-order chi connectivity index (χ1) is 11.2. The summed E-state index contributed by atoms with van der Waals surface area (Å²) in [5, 5.41) is 4.36. The highest BCUT2D eigenvalue weighted by atomic mass is 16.2. The highest BCUT2D eigenvalue weighted by Crippen LogP contribution is 2.26. The van der Waals surface area contributed by atoms with E-state index in [1.54, 1.807) is 13.1 Å². The van der Waals surface area contributed by atoms with Gasteiger partial charge in [0.15, 0.2) is 0 Å². The predicted octanol–water partition coefficient (Wildman–Crippen LogP) is 2.48. The minimum Gasteiger partial charge on any atom is -0.342 e. The summed E-state index contributed by atoms with van der Waals surface area (Å²) in [6, 6.07) is 0. The average Bonchev–Trinajstić information content (AvgIpc) is 3.04. The molecule has 1 fully saturated rings. The van der Waals surface area contributed by atoms with Crippen molar-refractivity contribution in [1.29, 1.82) is 0 Å². The first-order valence-corrected chi connectivity index (χ1v) is 8.27. The van der Waals surface area contributed by atoms with E-state index in [0.717, 1.165) is 55.8 Å². The fourth-order valence-electron chi connectivity index (χ4n) is 3.07. The molecule has 0 aromatic carbocycles. The Morgan fingerprint density at radius 3 is 3.00 bits per heavy atom. The minimum absolute atomic E-state index is 0.139. The number of amides is 1. The fourth-order valence-corrected chi connectivity index (χ4v) is 3.07. The number of hydrogen-bond donors (Lipinski definition) is 0. The van der Waals surface area contributed by atoms with Crippen molar-refractivity contribution < 1.29 is 4.79 Å². The summed E-state index contributed by atoms with van der Waals surface area (Å²) in [4.78, 5) is 22.7. The summed E-state index contributed by atoms with van der Waals surface area (Å²) >= 11 is 0. The van der Waals surface area contributed by atoms with Crippen LogP contribution in [-0.2, 0) is 11.3 Å². The van der Waals surface area contributed by atoms with Gasteiger partial charge in [-0.05, 0) is 19.3 Å². The number of rotatable bonds is 4. The largest absolute Gasteiger partial charge is 0.342 e. The molecule has 2 aromatic heterocycles. The van der Waals surface area contributed by atoms with E-state index >= 15 is 0 Å². The predicted molar refractivity (Wildman–Crippen MR) is 87.8 cm³/mol. The molecule has 1 aliphatic heterocycles. The molecule has 6 nitrogen and oxygen atoms in total. The molecular formula is C17H23N5O. The lowest BCUT2D eigenvalue weighted by molar-refractivity contribution is -0.130. The Labute approximate surface area is 136 Å². The molecule has 2 aromatic rings. The SMILES string of the molecule is CCCn1cc(-c2cncc([C@H]3CCCN(C(C)=O)C3)n2)cn1. The van der Waals surface area contributed by atoms with Crippen LogP contribution in [0.2, 0.25) is 0 Å². The molecule has 0 spiro atoms. The van der Waals surface area contributed by atoms with Crippen molar-refractivity contribution in [3.05, 3.63) is 30.5 Å². The summed E-state index contributed by atoms with van der Waals surface area (Å²) in [7, 11) is 0. The molecule has 3 heterocycles. The van der Waals surface area contributed by atoms with Crippen molar-refractivity contribution in [3.63, 3.8) is 0 Å². The van der Waals surface area contributed by atoms with E-state index < -0.39 is 0 Å². The molecule has 0 aliphatic carbocycles. The first-order valence-electron chi connectivity index (χ1n) is 8.27. The smallest absolute Gasteiger partial charge is 0.219 e. The average molecular weight is 313 g/mol. The zero-order valence-electron chi connectivity index (χ0n) is 13.8. The van der Waals surface area contributed by atoms with Crippen LogP contribution in [0.25, 0.3) is 11.3 Å². The normalized spacial score (nSPS) is 18.2. The number of piperidine rings is 1. The molecule has 0 bridgehead atoms. The van der Waals surface area contributed by atoms with Crippen LogP contribution in [-0.4, -0.2) is 43.6 Å². The second kappa shape index (κ2) is 6.89. The maximum atomic E-state index is 11.6. The Balaban J connectivity index is 1.80. The number of aromatic nitrogens is 4. The number of nitrogens with zero attached hydrogens (tertiary/aromatic N) is 5. The van der Waals surface area contributed by atoms with Crippen LogP contribution in [0.5, 0.6) is 0 Å². The number of carbonyl (C=O) groups is 1. The van der Waals surface area contributed by atoms with Crippen molar-refractivity contribution in [3.8, 4) is 11.3 Å². The monoisotopic (exact) mass is 313 g/mol. The lowest BCUT2D eigenvalue weighted by Crippen LogP contribution is -2.37. The Morgan fingerprint density at radius 2 is 2.22 bits per heavy atom. The van der Waals surface area contributed by atoms with E-state index in [1.807, 2.05) is 28.2 Å². The molecule has 1 amide bonds. The van der Waals surface area contributed by atoms with Crippen LogP contribution in [0.1, 0.15) is 44.7 Å². The summed E-state index contributed by atoms with van der Waals surface area (Å²) in [6.07, 6.45) is 10.6. The first kappa shape index (κ1) is 15.6. The van der Waals surface area contributed by atoms with Gasteiger partial charge in [0.25, 0.3) is 0 Å². The molecule has 0 radical (unpaired) electrons. The van der Waals surface area contributed by atoms with Crippen LogP contribution in [0.4, 0.5) is 0 Å². The van der Waals surface area contributed by atoms with E-state index in [0.29, 0.717) is 0 Å². The lowest BCUT2D eigenvalue weighted by Gasteiger charge is -2.31. The molecule has 122 valence electrons. The topological polar surface area (TPSA) is 63.9 Å². The number of carbonyl (C=O) groups excluding carboxylic acids is 1. The van der Waals surface area contributed by atoms with E-state index in [4.69, 9.17) is 4.98 Å². The molecule has 1 aliphatic rings. The molecule has 0 unspecified atom stereocenters. The third kappa shape index (κ3) is 3.57. The van der Waals surface area contributed by atoms with Crippen molar-refractivity contribution in [2.45, 2.75) is 45.6 Å². The Kier molecular flexibility index (Phi) is 4.69. The summed E-state index contributed by atoms with van der Waals surface area (Å²) in [5.41, 5.74) is 2.81. The minimum atomic E-state index is 0.139. The van der Waals surface area contributed by atoms with Crippen LogP contribution in [0, 0.1) is 0 Å². The van der Waals surface area contributed by atoms with Crippen LogP contribution < -0.4 is 0 Å². The summed E-state index contributed by atoms with van der Waals surface area (Å²) < 4.78 is 1.93. The van der Waals surface area contributed by atoms with E-state index in [2.05, 4.69) is 17.0 Å². The highest BCUT2D eigenvalue weighted by molar-refractivity contribution is 5.73. The summed E-state index contributed by atoms with van der Waals surface area (Å²) in [5.74, 6) is 0.408. The third-order valence-electron chi connectivity index (χ3n) is 4.32. The van der Waals surface area contributed by atoms with Gasteiger partial charge in [-0.25, -0.2) is 4.98 Å². The standard InChI is InChI=1S/C17H23N5O/c1-3-6-22-12-15(8-19-22)17-10-18-9-16(20-17)14-5-4-7-21(11-14)13(2)23/h8-10,12,14H,3-7,11H2,1-2H3/t14-/m0/s1. The van der Waals surface area contributed by atoms with Gasteiger partial charge < -0.3 is 4.90 Å². The van der Waals surface area contributed by atoms with Gasteiger partial charge in [-0.3, -0.25) is 14.5 Å². The van der Waals surface area contributed by atoms with Crippen molar-refractivity contribution in [2.24, 2.45) is 0 Å². The number of hydrogen-bond acceptors (Lipinski definition) is 4. The zero-order chi connectivity index (χ0) is 16.2. The molecule has 3 rings (SSSR count). The maximum absolute atomic E-state index is 11.6. The van der Waals surface area contributed by atoms with Crippen molar-refractivity contribution in [1.82, 2.24) is 24.6 Å². The van der Waals surface area contributed by atoms with Crippen LogP contribution >= 0.6 is 0 Å². The molecule has 23 heavy (non-hydrogen) atoms. The molecule has 0 N–H and O–H groups in total. The Hall–Kier alpha value is -2.24. The van der Waals surface area contributed by atoms with Gasteiger partial charge in [0.2, 0.25) is 5.91 Å². The van der Waals surface area contributed by atoms with Gasteiger partial charge in [0.05, 0.1) is 23.8 Å². The maximum Gasteiger partial charge on any atom is 0.219 e.